The highest BCUT2D eigenvalue weighted by atomic mass is 79.9. The zero-order chi connectivity index (χ0) is 15.2. The van der Waals surface area contributed by atoms with Gasteiger partial charge in [-0.3, -0.25) is 4.79 Å². The van der Waals surface area contributed by atoms with E-state index in [-0.39, 0.29) is 5.91 Å². The first-order valence-electron chi connectivity index (χ1n) is 6.45. The number of aliphatic hydroxyl groups is 1. The predicted molar refractivity (Wildman–Crippen MR) is 81.3 cm³/mol. The third kappa shape index (κ3) is 4.09. The number of methoxy groups -OCH3 is 1. The van der Waals surface area contributed by atoms with Crippen LogP contribution in [0.5, 0.6) is 5.75 Å². The second-order valence-corrected chi connectivity index (χ2v) is 5.28. The fourth-order valence-corrected chi connectivity index (χ4v) is 2.27. The number of carbonyl (C=O) groups excluding carboxylic acids is 1. The second-order valence-electron chi connectivity index (χ2n) is 4.42. The molecule has 0 fully saturated rings. The van der Waals surface area contributed by atoms with Crippen LogP contribution in [0, 0.1) is 0 Å². The number of benzene rings is 1. The molecule has 2 rings (SSSR count). The maximum Gasteiger partial charge on any atom is 0.252 e. The lowest BCUT2D eigenvalue weighted by Crippen LogP contribution is -2.26. The van der Waals surface area contributed by atoms with Crippen molar-refractivity contribution in [2.24, 2.45) is 0 Å². The third-order valence-electron chi connectivity index (χ3n) is 2.99. The summed E-state index contributed by atoms with van der Waals surface area (Å²) in [5.74, 6) is 0.873. The molecule has 2 N–H and O–H groups in total. The summed E-state index contributed by atoms with van der Waals surface area (Å²) in [5, 5.41) is 12.6. The molecule has 0 aliphatic carbocycles. The number of halogens is 1. The van der Waals surface area contributed by atoms with Crippen molar-refractivity contribution in [1.29, 1.82) is 0 Å². The van der Waals surface area contributed by atoms with Crippen LogP contribution in [0.2, 0.25) is 0 Å². The lowest BCUT2D eigenvalue weighted by atomic mass is 10.2. The average molecular weight is 354 g/mol. The highest BCUT2D eigenvalue weighted by molar-refractivity contribution is 9.10. The summed E-state index contributed by atoms with van der Waals surface area (Å²) >= 11 is 3.33. The molecule has 0 unspecified atom stereocenters. The van der Waals surface area contributed by atoms with E-state index in [0.717, 1.165) is 0 Å². The van der Waals surface area contributed by atoms with Crippen molar-refractivity contribution in [3.63, 3.8) is 0 Å². The van der Waals surface area contributed by atoms with E-state index in [9.17, 15) is 9.90 Å². The number of hydrogen-bond acceptors (Lipinski definition) is 4. The smallest absolute Gasteiger partial charge is 0.252 e. The van der Waals surface area contributed by atoms with Gasteiger partial charge in [0.25, 0.3) is 5.91 Å². The first-order valence-corrected chi connectivity index (χ1v) is 7.24. The van der Waals surface area contributed by atoms with Crippen molar-refractivity contribution in [3.05, 3.63) is 52.4 Å². The molecule has 5 nitrogen and oxygen atoms in total. The number of nitrogens with one attached hydrogen (secondary N) is 1. The molecule has 0 spiro atoms. The van der Waals surface area contributed by atoms with Crippen LogP contribution in [-0.4, -0.2) is 24.7 Å². The highest BCUT2D eigenvalue weighted by Gasteiger charge is 2.13. The molecule has 0 bridgehead atoms. The standard InChI is InChI=1S/C15H16BrNO4/c1-20-10-4-5-12(16)11(9-10)15(19)17-7-6-13(18)14-3-2-8-21-14/h2-5,8-9,13,18H,6-7H2,1H3,(H,17,19)/t13-/m1/s1. The van der Waals surface area contributed by atoms with Crippen molar-refractivity contribution in [2.45, 2.75) is 12.5 Å². The van der Waals surface area contributed by atoms with Crippen LogP contribution in [0.4, 0.5) is 0 Å². The lowest BCUT2D eigenvalue weighted by molar-refractivity contribution is 0.0935. The number of hydrogen-bond donors (Lipinski definition) is 2. The van der Waals surface area contributed by atoms with E-state index in [1.54, 1.807) is 37.4 Å². The Morgan fingerprint density at radius 2 is 2.29 bits per heavy atom. The van der Waals surface area contributed by atoms with E-state index in [2.05, 4.69) is 21.2 Å². The van der Waals surface area contributed by atoms with E-state index in [4.69, 9.17) is 9.15 Å². The van der Waals surface area contributed by atoms with Gasteiger partial charge in [0.2, 0.25) is 0 Å². The van der Waals surface area contributed by atoms with Crippen molar-refractivity contribution >= 4 is 21.8 Å². The first kappa shape index (κ1) is 15.6. The third-order valence-corrected chi connectivity index (χ3v) is 3.68. The van der Waals surface area contributed by atoms with Gasteiger partial charge in [-0.2, -0.15) is 0 Å². The van der Waals surface area contributed by atoms with Crippen LogP contribution in [0.15, 0.2) is 45.5 Å². The zero-order valence-electron chi connectivity index (χ0n) is 11.5. The van der Waals surface area contributed by atoms with Crippen LogP contribution in [0.1, 0.15) is 28.6 Å². The van der Waals surface area contributed by atoms with E-state index < -0.39 is 6.10 Å². The summed E-state index contributed by atoms with van der Waals surface area (Å²) in [6.07, 6.45) is 1.15. The molecule has 0 saturated heterocycles. The molecule has 0 radical (unpaired) electrons. The number of amides is 1. The first-order chi connectivity index (χ1) is 10.1. The fourth-order valence-electron chi connectivity index (χ4n) is 1.85. The number of carbonyl (C=O) groups is 1. The quantitative estimate of drug-likeness (QED) is 0.837. The Bertz CT molecular complexity index is 598. The average Bonchev–Trinajstić information content (AvgIpc) is 3.01. The van der Waals surface area contributed by atoms with Gasteiger partial charge in [0, 0.05) is 11.0 Å². The molecule has 1 atom stereocenters. The molecule has 0 aliphatic rings. The van der Waals surface area contributed by atoms with Gasteiger partial charge >= 0.3 is 0 Å². The Labute approximate surface area is 131 Å². The minimum absolute atomic E-state index is 0.229. The number of furan rings is 1. The number of rotatable bonds is 6. The van der Waals surface area contributed by atoms with E-state index in [0.29, 0.717) is 34.5 Å². The van der Waals surface area contributed by atoms with Gasteiger partial charge in [-0.05, 0) is 52.7 Å². The maximum absolute atomic E-state index is 12.1. The van der Waals surface area contributed by atoms with Gasteiger partial charge in [0.05, 0.1) is 18.9 Å². The molecule has 6 heteroatoms. The summed E-state index contributed by atoms with van der Waals surface area (Å²) in [5.41, 5.74) is 0.488. The van der Waals surface area contributed by atoms with Gasteiger partial charge in [-0.1, -0.05) is 0 Å². The van der Waals surface area contributed by atoms with Crippen LogP contribution < -0.4 is 10.1 Å². The van der Waals surface area contributed by atoms with Crippen LogP contribution in [0.25, 0.3) is 0 Å². The minimum Gasteiger partial charge on any atom is -0.497 e. The van der Waals surface area contributed by atoms with Gasteiger partial charge in [0.1, 0.15) is 17.6 Å². The molecule has 1 heterocycles. The number of ether oxygens (including phenoxy) is 1. The number of aliphatic hydroxyl groups excluding tert-OH is 1. The molecule has 0 aliphatic heterocycles. The van der Waals surface area contributed by atoms with Crippen molar-refractivity contribution in [3.8, 4) is 5.75 Å². The van der Waals surface area contributed by atoms with Crippen molar-refractivity contribution < 1.29 is 19.1 Å². The molecule has 0 saturated carbocycles. The Balaban J connectivity index is 1.90. The predicted octanol–water partition coefficient (Wildman–Crippen LogP) is 2.90. The largest absolute Gasteiger partial charge is 0.497 e. The molecule has 1 aromatic carbocycles. The normalized spacial score (nSPS) is 12.0. The van der Waals surface area contributed by atoms with Crippen LogP contribution in [-0.2, 0) is 0 Å². The maximum atomic E-state index is 12.1. The van der Waals surface area contributed by atoms with E-state index in [1.165, 1.54) is 6.26 Å². The van der Waals surface area contributed by atoms with Crippen molar-refractivity contribution in [1.82, 2.24) is 5.32 Å². The van der Waals surface area contributed by atoms with E-state index in [1.807, 2.05) is 0 Å². The lowest BCUT2D eigenvalue weighted by Gasteiger charge is -2.10. The van der Waals surface area contributed by atoms with Gasteiger partial charge < -0.3 is 19.6 Å². The summed E-state index contributed by atoms with van der Waals surface area (Å²) < 4.78 is 10.9. The molecule has 2 aromatic rings. The molecule has 21 heavy (non-hydrogen) atoms. The van der Waals surface area contributed by atoms with E-state index >= 15 is 0 Å². The molecular weight excluding hydrogens is 338 g/mol. The summed E-state index contributed by atoms with van der Waals surface area (Å²) in [6, 6.07) is 8.59. The Hall–Kier alpha value is -1.79. The highest BCUT2D eigenvalue weighted by Crippen LogP contribution is 2.22. The van der Waals surface area contributed by atoms with Gasteiger partial charge in [-0.25, -0.2) is 0 Å². The Kier molecular flexibility index (Phi) is 5.41. The molecule has 1 amide bonds. The van der Waals surface area contributed by atoms with Gasteiger partial charge in [0.15, 0.2) is 0 Å². The fraction of sp³-hybridized carbons (Fsp3) is 0.267. The monoisotopic (exact) mass is 353 g/mol. The van der Waals surface area contributed by atoms with Gasteiger partial charge in [-0.15, -0.1) is 0 Å². The zero-order valence-corrected chi connectivity index (χ0v) is 13.1. The second kappa shape index (κ2) is 7.28. The topological polar surface area (TPSA) is 71.7 Å². The summed E-state index contributed by atoms with van der Waals surface area (Å²) in [7, 11) is 1.55. The Morgan fingerprint density at radius 1 is 1.48 bits per heavy atom. The SMILES string of the molecule is COc1ccc(Br)c(C(=O)NCC[C@@H](O)c2ccco2)c1. The summed E-state index contributed by atoms with van der Waals surface area (Å²) in [6.45, 7) is 0.338. The Morgan fingerprint density at radius 3 is 2.95 bits per heavy atom. The molecule has 112 valence electrons. The van der Waals surface area contributed by atoms with Crippen LogP contribution >= 0.6 is 15.9 Å². The van der Waals surface area contributed by atoms with Crippen LogP contribution in [0.3, 0.4) is 0 Å². The molecule has 1 aromatic heterocycles. The summed E-state index contributed by atoms with van der Waals surface area (Å²) in [4.78, 5) is 12.1. The van der Waals surface area contributed by atoms with Crippen molar-refractivity contribution in [2.75, 3.05) is 13.7 Å². The minimum atomic E-state index is -0.728. The molecular formula is C15H16BrNO4.